The molecule has 1 atom stereocenters. The van der Waals surface area contributed by atoms with Crippen LogP contribution in [0.2, 0.25) is 0 Å². The highest BCUT2D eigenvalue weighted by Gasteiger charge is 2.24. The van der Waals surface area contributed by atoms with Crippen molar-refractivity contribution < 1.29 is 18.0 Å². The molecule has 0 spiro atoms. The molecular weight excluding hydrogens is 404 g/mol. The molecule has 1 aromatic carbocycles. The first kappa shape index (κ1) is 24.4. The first-order chi connectivity index (χ1) is 12.8. The van der Waals surface area contributed by atoms with Gasteiger partial charge in [0.15, 0.2) is 0 Å². The van der Waals surface area contributed by atoms with Crippen LogP contribution < -0.4 is 11.1 Å². The molecule has 1 unspecified atom stereocenters. The molecule has 158 valence electrons. The maximum atomic E-state index is 12.6. The number of nitrogens with zero attached hydrogens (tertiary/aromatic N) is 2. The Kier molecular flexibility index (Phi) is 9.35. The lowest BCUT2D eigenvalue weighted by atomic mass is 10.1. The van der Waals surface area contributed by atoms with Gasteiger partial charge in [0.2, 0.25) is 15.9 Å². The smallest absolute Gasteiger partial charge is 0.251 e. The lowest BCUT2D eigenvalue weighted by Gasteiger charge is -2.30. The summed E-state index contributed by atoms with van der Waals surface area (Å²) in [5, 5.41) is 2.57. The number of hydrogen-bond acceptors (Lipinski definition) is 5. The molecule has 0 aromatic heterocycles. The molecule has 1 heterocycles. The number of hydrogen-bond donors (Lipinski definition) is 2. The average Bonchev–Trinajstić information content (AvgIpc) is 2.66. The summed E-state index contributed by atoms with van der Waals surface area (Å²) in [4.78, 5) is 26.3. The van der Waals surface area contributed by atoms with Crippen molar-refractivity contribution in [2.24, 2.45) is 5.73 Å². The van der Waals surface area contributed by atoms with E-state index in [0.29, 0.717) is 26.2 Å². The van der Waals surface area contributed by atoms with Crippen molar-refractivity contribution in [1.82, 2.24) is 14.5 Å². The van der Waals surface area contributed by atoms with Crippen LogP contribution in [-0.2, 0) is 14.8 Å². The predicted octanol–water partition coefficient (Wildman–Crippen LogP) is 0.818. The van der Waals surface area contributed by atoms with Gasteiger partial charge >= 0.3 is 0 Å². The van der Waals surface area contributed by atoms with Gasteiger partial charge in [0.1, 0.15) is 0 Å². The van der Waals surface area contributed by atoms with Crippen LogP contribution in [0, 0.1) is 0 Å². The van der Waals surface area contributed by atoms with Crippen LogP contribution in [0.3, 0.4) is 0 Å². The molecule has 1 aliphatic rings. The molecule has 2 rings (SSSR count). The third-order valence-electron chi connectivity index (χ3n) is 4.65. The fourth-order valence-corrected chi connectivity index (χ4v) is 4.62. The van der Waals surface area contributed by atoms with Crippen LogP contribution >= 0.6 is 12.4 Å². The van der Waals surface area contributed by atoms with Crippen molar-refractivity contribution in [3.8, 4) is 0 Å². The maximum Gasteiger partial charge on any atom is 0.251 e. The topological polar surface area (TPSA) is 113 Å². The predicted molar refractivity (Wildman–Crippen MR) is 110 cm³/mol. The summed E-state index contributed by atoms with van der Waals surface area (Å²) in [6, 6.07) is 5.82. The lowest BCUT2D eigenvalue weighted by Crippen LogP contribution is -2.48. The zero-order valence-electron chi connectivity index (χ0n) is 16.3. The van der Waals surface area contributed by atoms with Crippen LogP contribution in [0.15, 0.2) is 29.2 Å². The van der Waals surface area contributed by atoms with Gasteiger partial charge in [-0.15, -0.1) is 12.4 Å². The Morgan fingerprint density at radius 3 is 2.57 bits per heavy atom. The number of likely N-dealkylation sites (tertiary alicyclic amines) is 1. The number of halogens is 1. The van der Waals surface area contributed by atoms with Gasteiger partial charge in [-0.1, -0.05) is 19.9 Å². The fourth-order valence-electron chi connectivity index (χ4n) is 3.12. The van der Waals surface area contributed by atoms with Gasteiger partial charge < -0.3 is 16.0 Å². The molecule has 2 amide bonds. The van der Waals surface area contributed by atoms with E-state index in [1.807, 2.05) is 0 Å². The molecular formula is C18H29ClN4O4S. The van der Waals surface area contributed by atoms with E-state index in [4.69, 9.17) is 5.73 Å². The van der Waals surface area contributed by atoms with Crippen molar-refractivity contribution >= 4 is 34.2 Å². The number of amides is 2. The van der Waals surface area contributed by atoms with Crippen LogP contribution in [0.4, 0.5) is 0 Å². The lowest BCUT2D eigenvalue weighted by molar-refractivity contribution is -0.131. The molecule has 10 heteroatoms. The maximum absolute atomic E-state index is 12.6. The molecule has 0 aliphatic carbocycles. The summed E-state index contributed by atoms with van der Waals surface area (Å²) in [6.45, 7) is 5.21. The summed E-state index contributed by atoms with van der Waals surface area (Å²) in [6.07, 6.45) is 1.75. The zero-order valence-corrected chi connectivity index (χ0v) is 17.9. The Morgan fingerprint density at radius 1 is 1.29 bits per heavy atom. The van der Waals surface area contributed by atoms with E-state index >= 15 is 0 Å². The fraction of sp³-hybridized carbons (Fsp3) is 0.556. The quantitative estimate of drug-likeness (QED) is 0.662. The second kappa shape index (κ2) is 10.8. The Bertz CT molecular complexity index is 784. The van der Waals surface area contributed by atoms with Gasteiger partial charge in [-0.3, -0.25) is 9.59 Å². The van der Waals surface area contributed by atoms with Gasteiger partial charge in [-0.2, -0.15) is 4.31 Å². The van der Waals surface area contributed by atoms with E-state index in [0.717, 1.165) is 12.8 Å². The number of sulfonamides is 1. The molecule has 8 nitrogen and oxygen atoms in total. The first-order valence-electron chi connectivity index (χ1n) is 9.21. The highest BCUT2D eigenvalue weighted by molar-refractivity contribution is 7.89. The van der Waals surface area contributed by atoms with E-state index in [9.17, 15) is 18.0 Å². The van der Waals surface area contributed by atoms with E-state index < -0.39 is 15.9 Å². The van der Waals surface area contributed by atoms with Crippen molar-refractivity contribution in [3.63, 3.8) is 0 Å². The molecule has 0 radical (unpaired) electrons. The zero-order chi connectivity index (χ0) is 20.0. The number of carbonyl (C=O) groups excluding carboxylic acids is 2. The molecule has 1 saturated heterocycles. The molecule has 3 N–H and O–H groups in total. The van der Waals surface area contributed by atoms with E-state index in [1.54, 1.807) is 18.7 Å². The van der Waals surface area contributed by atoms with E-state index in [-0.39, 0.29) is 41.4 Å². The number of benzene rings is 1. The summed E-state index contributed by atoms with van der Waals surface area (Å²) >= 11 is 0. The second-order valence-corrected chi connectivity index (χ2v) is 8.48. The summed E-state index contributed by atoms with van der Waals surface area (Å²) in [7, 11) is -3.65. The molecule has 1 fully saturated rings. The number of rotatable bonds is 7. The van der Waals surface area contributed by atoms with Crippen LogP contribution in [0.5, 0.6) is 0 Å². The van der Waals surface area contributed by atoms with Gasteiger partial charge in [0.05, 0.1) is 11.4 Å². The summed E-state index contributed by atoms with van der Waals surface area (Å²) < 4.78 is 26.5. The SMILES string of the molecule is CCN(CC)S(=O)(=O)c1cccc(C(=O)NCC(=O)N2CCCC(N)C2)c1.Cl. The third-order valence-corrected chi connectivity index (χ3v) is 6.70. The number of nitrogens with two attached hydrogens (primary N) is 1. The van der Waals surface area contributed by atoms with Crippen LogP contribution in [-0.4, -0.2) is 68.2 Å². The summed E-state index contributed by atoms with van der Waals surface area (Å²) in [5.74, 6) is -0.674. The second-order valence-electron chi connectivity index (χ2n) is 6.54. The Labute approximate surface area is 172 Å². The monoisotopic (exact) mass is 432 g/mol. The minimum absolute atomic E-state index is 0. The molecule has 0 saturated carbocycles. The highest BCUT2D eigenvalue weighted by atomic mass is 35.5. The van der Waals surface area contributed by atoms with E-state index in [2.05, 4.69) is 5.32 Å². The Morgan fingerprint density at radius 2 is 1.96 bits per heavy atom. The van der Waals surface area contributed by atoms with Crippen LogP contribution in [0.25, 0.3) is 0 Å². The van der Waals surface area contributed by atoms with E-state index in [1.165, 1.54) is 28.6 Å². The van der Waals surface area contributed by atoms with Gasteiger partial charge in [0, 0.05) is 37.8 Å². The van der Waals surface area contributed by atoms with Crippen molar-refractivity contribution in [2.75, 3.05) is 32.7 Å². The number of nitrogens with one attached hydrogen (secondary N) is 1. The number of piperidine rings is 1. The van der Waals surface area contributed by atoms with Crippen molar-refractivity contribution in [1.29, 1.82) is 0 Å². The molecule has 1 aliphatic heterocycles. The third kappa shape index (κ3) is 5.91. The minimum atomic E-state index is -3.65. The molecule has 1 aromatic rings. The Hall–Kier alpha value is -1.68. The molecule has 0 bridgehead atoms. The van der Waals surface area contributed by atoms with Gasteiger partial charge in [-0.25, -0.2) is 8.42 Å². The van der Waals surface area contributed by atoms with Gasteiger partial charge in [-0.05, 0) is 31.0 Å². The molecule has 28 heavy (non-hydrogen) atoms. The minimum Gasteiger partial charge on any atom is -0.343 e. The highest BCUT2D eigenvalue weighted by Crippen LogP contribution is 2.17. The van der Waals surface area contributed by atoms with Crippen molar-refractivity contribution in [3.05, 3.63) is 29.8 Å². The average molecular weight is 433 g/mol. The standard InChI is InChI=1S/C18H28N4O4S.ClH/c1-3-22(4-2)27(25,26)16-9-5-7-14(11-16)18(24)20-12-17(23)21-10-6-8-15(19)13-21;/h5,7,9,11,15H,3-4,6,8,10,12-13,19H2,1-2H3,(H,20,24);1H. The largest absolute Gasteiger partial charge is 0.343 e. The van der Waals surface area contributed by atoms with Crippen molar-refractivity contribution in [2.45, 2.75) is 37.6 Å². The first-order valence-corrected chi connectivity index (χ1v) is 10.6. The van der Waals surface area contributed by atoms with Gasteiger partial charge in [0.25, 0.3) is 5.91 Å². The normalized spacial score (nSPS) is 17.1. The number of carbonyl (C=O) groups is 2. The Balaban J connectivity index is 0.00000392. The van der Waals surface area contributed by atoms with Crippen LogP contribution in [0.1, 0.15) is 37.0 Å². The summed E-state index contributed by atoms with van der Waals surface area (Å²) in [5.41, 5.74) is 6.07.